The number of β-lactam (4-membered cyclic amide) rings is 1. The van der Waals surface area contributed by atoms with E-state index in [0.717, 1.165) is 10.6 Å². The highest BCUT2D eigenvalue weighted by Gasteiger charge is 2.61. The Labute approximate surface area is 170 Å². The number of nitrogens with zero attached hydrogens (tertiary/aromatic N) is 1. The number of amides is 1. The Kier molecular flexibility index (Phi) is 5.15. The van der Waals surface area contributed by atoms with Crippen LogP contribution in [0.2, 0.25) is 0 Å². The van der Waals surface area contributed by atoms with E-state index < -0.39 is 32.2 Å². The fourth-order valence-corrected chi connectivity index (χ4v) is 5.97. The number of aliphatic hydroxyl groups excluding tert-OH is 1. The smallest absolute Gasteiger partial charge is 0.356 e. The van der Waals surface area contributed by atoms with Crippen LogP contribution in [-0.4, -0.2) is 39.1 Å². The number of carboxylic acid groups (broad SMARTS) is 1. The maximum absolute atomic E-state index is 12.5. The van der Waals surface area contributed by atoms with Crippen molar-refractivity contribution >= 4 is 30.6 Å². The van der Waals surface area contributed by atoms with Gasteiger partial charge in [-0.2, -0.15) is 0 Å². The molecule has 2 aromatic rings. The minimum atomic E-state index is -1.32. The Morgan fingerprint density at radius 1 is 1.07 bits per heavy atom. The minimum absolute atomic E-state index is 0.108. The average molecular weight is 411 g/mol. The van der Waals surface area contributed by atoms with Crippen LogP contribution in [0.3, 0.4) is 0 Å². The summed E-state index contributed by atoms with van der Waals surface area (Å²) in [5.74, 6) is -2.19. The molecular weight excluding hydrogens is 389 g/mol. The van der Waals surface area contributed by atoms with Crippen LogP contribution in [0, 0.1) is 11.8 Å². The molecule has 4 atom stereocenters. The van der Waals surface area contributed by atoms with Crippen LogP contribution in [-0.2, 0) is 14.1 Å². The molecule has 2 N–H and O–H groups in total. The Morgan fingerprint density at radius 2 is 1.59 bits per heavy atom. The first-order valence-electron chi connectivity index (χ1n) is 9.48. The summed E-state index contributed by atoms with van der Waals surface area (Å²) in [6.07, 6.45) is -0.842. The number of fused-ring (bicyclic) bond motifs is 1. The van der Waals surface area contributed by atoms with Gasteiger partial charge in [-0.15, -0.1) is 0 Å². The van der Waals surface area contributed by atoms with Gasteiger partial charge >= 0.3 is 5.97 Å². The molecule has 0 bridgehead atoms. The molecular formula is C22H22NO5P. The summed E-state index contributed by atoms with van der Waals surface area (Å²) in [6.45, 7) is 3.42. The first-order valence-corrected chi connectivity index (χ1v) is 10.7. The lowest BCUT2D eigenvalue weighted by Gasteiger charge is -2.46. The van der Waals surface area contributed by atoms with E-state index in [1.54, 1.807) is 6.92 Å². The van der Waals surface area contributed by atoms with E-state index in [1.165, 1.54) is 4.90 Å². The second-order valence-electron chi connectivity index (χ2n) is 7.33. The van der Waals surface area contributed by atoms with E-state index >= 15 is 0 Å². The van der Waals surface area contributed by atoms with Crippen LogP contribution in [0.1, 0.15) is 13.8 Å². The van der Waals surface area contributed by atoms with Crippen LogP contribution >= 0.6 is 8.15 Å². The van der Waals surface area contributed by atoms with Crippen molar-refractivity contribution in [2.45, 2.75) is 26.0 Å². The highest BCUT2D eigenvalue weighted by Crippen LogP contribution is 2.51. The van der Waals surface area contributed by atoms with Crippen molar-refractivity contribution in [2.75, 3.05) is 0 Å². The average Bonchev–Trinajstić information content (AvgIpc) is 2.95. The number of hydrogen-bond acceptors (Lipinski definition) is 4. The lowest BCUT2D eigenvalue weighted by Crippen LogP contribution is -2.63. The van der Waals surface area contributed by atoms with Gasteiger partial charge in [0, 0.05) is 16.5 Å². The Hall–Kier alpha value is -2.69. The van der Waals surface area contributed by atoms with E-state index in [0.29, 0.717) is 5.76 Å². The molecule has 0 radical (unpaired) electrons. The third kappa shape index (κ3) is 3.22. The molecule has 1 amide bonds. The lowest BCUT2D eigenvalue weighted by molar-refractivity contribution is -0.163. The molecule has 2 aromatic carbocycles. The maximum atomic E-state index is 12.5. The molecule has 2 aliphatic rings. The zero-order valence-electron chi connectivity index (χ0n) is 16.1. The number of carboxylic acids is 1. The molecule has 150 valence electrons. The number of aliphatic carboxylic acids is 1. The SMILES string of the molecule is C[C@@H](O)[C@H]1C(=O)N2C(C(=O)O)=C(OP(c3ccccc3)c3ccccc3)[C@H](C)[C@@H]12. The summed E-state index contributed by atoms with van der Waals surface area (Å²) in [7, 11) is -1.32. The number of aliphatic hydroxyl groups is 1. The van der Waals surface area contributed by atoms with Gasteiger partial charge in [0.05, 0.1) is 18.1 Å². The van der Waals surface area contributed by atoms with Gasteiger partial charge in [0.1, 0.15) is 13.9 Å². The molecule has 2 heterocycles. The molecule has 1 fully saturated rings. The molecule has 29 heavy (non-hydrogen) atoms. The van der Waals surface area contributed by atoms with Crippen molar-refractivity contribution in [3.05, 3.63) is 72.1 Å². The lowest BCUT2D eigenvalue weighted by atomic mass is 9.79. The second kappa shape index (κ2) is 7.62. The van der Waals surface area contributed by atoms with Crippen LogP contribution < -0.4 is 10.6 Å². The first-order chi connectivity index (χ1) is 13.9. The van der Waals surface area contributed by atoms with Crippen molar-refractivity contribution in [3.8, 4) is 0 Å². The van der Waals surface area contributed by atoms with Gasteiger partial charge in [-0.1, -0.05) is 67.6 Å². The molecule has 0 aliphatic carbocycles. The largest absolute Gasteiger partial charge is 0.476 e. The minimum Gasteiger partial charge on any atom is -0.476 e. The monoisotopic (exact) mass is 411 g/mol. The topological polar surface area (TPSA) is 87.1 Å². The van der Waals surface area contributed by atoms with E-state index in [4.69, 9.17) is 4.52 Å². The molecule has 0 unspecified atom stereocenters. The predicted octanol–water partition coefficient (Wildman–Crippen LogP) is 2.20. The van der Waals surface area contributed by atoms with Gasteiger partial charge < -0.3 is 14.7 Å². The Balaban J connectivity index is 1.76. The van der Waals surface area contributed by atoms with E-state index in [1.807, 2.05) is 67.6 Å². The second-order valence-corrected chi connectivity index (χ2v) is 9.13. The standard InChI is InChI=1S/C22H22NO5P/c1-13-18-17(14(2)24)21(25)23(18)19(22(26)27)20(13)28-29(15-9-5-3-6-10-15)16-11-7-4-8-12-16/h3-14,17-18,24H,1-2H3,(H,26,27)/t13-,14-,17-,18+/m1/s1. The van der Waals surface area contributed by atoms with Gasteiger partial charge in [-0.05, 0) is 6.92 Å². The third-order valence-electron chi connectivity index (χ3n) is 5.48. The molecule has 4 rings (SSSR count). The van der Waals surface area contributed by atoms with Crippen LogP contribution in [0.4, 0.5) is 0 Å². The molecule has 2 aliphatic heterocycles. The highest BCUT2D eigenvalue weighted by molar-refractivity contribution is 7.68. The number of rotatable bonds is 6. The summed E-state index contributed by atoms with van der Waals surface area (Å²) >= 11 is 0. The first kappa shape index (κ1) is 19.6. The van der Waals surface area contributed by atoms with Gasteiger partial charge in [0.25, 0.3) is 0 Å². The maximum Gasteiger partial charge on any atom is 0.356 e. The summed E-state index contributed by atoms with van der Waals surface area (Å²) in [6, 6.07) is 18.9. The molecule has 0 saturated carbocycles. The normalized spacial score (nSPS) is 24.3. The summed E-state index contributed by atoms with van der Waals surface area (Å²) in [4.78, 5) is 25.9. The summed E-state index contributed by atoms with van der Waals surface area (Å²) < 4.78 is 6.42. The van der Waals surface area contributed by atoms with E-state index in [-0.39, 0.29) is 17.5 Å². The fraction of sp³-hybridized carbons (Fsp3) is 0.273. The molecule has 7 heteroatoms. The van der Waals surface area contributed by atoms with Crippen LogP contribution in [0.5, 0.6) is 0 Å². The van der Waals surface area contributed by atoms with Crippen molar-refractivity contribution in [1.29, 1.82) is 0 Å². The molecule has 1 saturated heterocycles. The fourth-order valence-electron chi connectivity index (χ4n) is 4.12. The van der Waals surface area contributed by atoms with Crippen LogP contribution in [0.15, 0.2) is 72.1 Å². The zero-order valence-corrected chi connectivity index (χ0v) is 17.0. The number of benzene rings is 2. The van der Waals surface area contributed by atoms with Crippen molar-refractivity contribution in [2.24, 2.45) is 11.8 Å². The number of hydrogen-bond donors (Lipinski definition) is 2. The van der Waals surface area contributed by atoms with E-state index in [9.17, 15) is 19.8 Å². The van der Waals surface area contributed by atoms with Gasteiger partial charge in [0.15, 0.2) is 5.70 Å². The van der Waals surface area contributed by atoms with Crippen molar-refractivity contribution in [1.82, 2.24) is 4.90 Å². The van der Waals surface area contributed by atoms with Crippen LogP contribution in [0.25, 0.3) is 0 Å². The number of carbonyl (C=O) groups excluding carboxylic acids is 1. The van der Waals surface area contributed by atoms with Gasteiger partial charge in [-0.25, -0.2) is 4.79 Å². The Bertz CT molecular complexity index is 920. The molecule has 0 spiro atoms. The summed E-state index contributed by atoms with van der Waals surface area (Å²) in [5, 5.41) is 21.7. The number of carbonyl (C=O) groups is 2. The molecule has 6 nitrogen and oxygen atoms in total. The summed E-state index contributed by atoms with van der Waals surface area (Å²) in [5.41, 5.74) is -0.108. The van der Waals surface area contributed by atoms with E-state index in [2.05, 4.69) is 0 Å². The predicted molar refractivity (Wildman–Crippen MR) is 110 cm³/mol. The zero-order chi connectivity index (χ0) is 20.7. The van der Waals surface area contributed by atoms with Crippen molar-refractivity contribution in [3.63, 3.8) is 0 Å². The quantitative estimate of drug-likeness (QED) is 0.562. The van der Waals surface area contributed by atoms with Gasteiger partial charge in [0.2, 0.25) is 5.91 Å². The van der Waals surface area contributed by atoms with Crippen molar-refractivity contribution < 1.29 is 24.3 Å². The van der Waals surface area contributed by atoms with Gasteiger partial charge in [-0.3, -0.25) is 9.69 Å². The third-order valence-corrected chi connectivity index (χ3v) is 7.40. The molecule has 0 aromatic heterocycles. The Morgan fingerprint density at radius 3 is 2.03 bits per heavy atom. The highest BCUT2D eigenvalue weighted by atomic mass is 31.1.